The van der Waals surface area contributed by atoms with E-state index in [1.54, 1.807) is 23.6 Å². The van der Waals surface area contributed by atoms with Crippen LogP contribution in [0.1, 0.15) is 35.2 Å². The lowest BCUT2D eigenvalue weighted by atomic mass is 10.1. The van der Waals surface area contributed by atoms with Crippen LogP contribution < -0.4 is 5.32 Å². The van der Waals surface area contributed by atoms with E-state index in [2.05, 4.69) is 15.3 Å². The normalized spacial score (nSPS) is 15.1. The summed E-state index contributed by atoms with van der Waals surface area (Å²) >= 11 is 1.27. The number of aromatic nitrogens is 2. The molecule has 0 radical (unpaired) electrons. The number of nitrogens with zero attached hydrogens (tertiary/aromatic N) is 3. The zero-order valence-electron chi connectivity index (χ0n) is 14.7. The van der Waals surface area contributed by atoms with Crippen molar-refractivity contribution in [3.05, 3.63) is 46.8 Å². The van der Waals surface area contributed by atoms with Crippen LogP contribution in [0, 0.1) is 0 Å². The van der Waals surface area contributed by atoms with Crippen molar-refractivity contribution in [2.45, 2.75) is 25.8 Å². The number of hydrogen-bond donors (Lipinski definition) is 2. The topological polar surface area (TPSA) is 87.5 Å². The Balaban J connectivity index is 1.47. The van der Waals surface area contributed by atoms with E-state index < -0.39 is 6.09 Å². The highest BCUT2D eigenvalue weighted by Gasteiger charge is 2.18. The third-order valence-electron chi connectivity index (χ3n) is 4.78. The van der Waals surface area contributed by atoms with Gasteiger partial charge in [-0.2, -0.15) is 4.68 Å². The van der Waals surface area contributed by atoms with Gasteiger partial charge in [-0.1, -0.05) is 18.6 Å². The molecule has 3 heterocycles. The molecule has 3 aromatic rings. The zero-order valence-corrected chi connectivity index (χ0v) is 15.5. The highest BCUT2D eigenvalue weighted by Crippen LogP contribution is 2.28. The maximum atomic E-state index is 12.5. The van der Waals surface area contributed by atoms with Gasteiger partial charge in [0.25, 0.3) is 5.91 Å². The molecule has 0 saturated carbocycles. The van der Waals surface area contributed by atoms with Gasteiger partial charge in [-0.05, 0) is 55.1 Å². The van der Waals surface area contributed by atoms with Crippen molar-refractivity contribution in [1.82, 2.24) is 14.7 Å². The maximum absolute atomic E-state index is 12.5. The smallest absolute Gasteiger partial charge is 0.433 e. The molecular weight excluding hydrogens is 364 g/mol. The molecule has 1 aliphatic rings. The molecule has 8 heteroatoms. The van der Waals surface area contributed by atoms with Gasteiger partial charge in [0.15, 0.2) is 5.82 Å². The quantitative estimate of drug-likeness (QED) is 0.713. The lowest BCUT2D eigenvalue weighted by Crippen LogP contribution is -2.29. The first-order valence-electron chi connectivity index (χ1n) is 8.94. The van der Waals surface area contributed by atoms with Gasteiger partial charge < -0.3 is 10.4 Å². The van der Waals surface area contributed by atoms with Crippen molar-refractivity contribution in [1.29, 1.82) is 0 Å². The Hall–Kier alpha value is -2.71. The van der Waals surface area contributed by atoms with Crippen molar-refractivity contribution >= 4 is 39.4 Å². The first-order valence-corrected chi connectivity index (χ1v) is 9.82. The van der Waals surface area contributed by atoms with E-state index >= 15 is 0 Å². The average molecular weight is 384 g/mol. The van der Waals surface area contributed by atoms with E-state index in [1.807, 2.05) is 12.1 Å². The number of likely N-dealkylation sites (tertiary alicyclic amines) is 1. The lowest BCUT2D eigenvalue weighted by molar-refractivity contribution is 0.102. The summed E-state index contributed by atoms with van der Waals surface area (Å²) in [6.07, 6.45) is 2.64. The van der Waals surface area contributed by atoms with E-state index in [4.69, 9.17) is 0 Å². The van der Waals surface area contributed by atoms with Crippen LogP contribution in [0.4, 0.5) is 10.6 Å². The molecule has 2 N–H and O–H groups in total. The number of benzene rings is 1. The van der Waals surface area contributed by atoms with Crippen LogP contribution in [0.25, 0.3) is 10.2 Å². The Morgan fingerprint density at radius 3 is 2.56 bits per heavy atom. The lowest BCUT2D eigenvalue weighted by Gasteiger charge is -2.26. The van der Waals surface area contributed by atoms with E-state index in [-0.39, 0.29) is 11.7 Å². The Morgan fingerprint density at radius 1 is 1.11 bits per heavy atom. The summed E-state index contributed by atoms with van der Waals surface area (Å²) in [6.45, 7) is 3.16. The second kappa shape index (κ2) is 7.50. The van der Waals surface area contributed by atoms with Crippen LogP contribution in [0.3, 0.4) is 0 Å². The van der Waals surface area contributed by atoms with Gasteiger partial charge in [-0.25, -0.2) is 4.79 Å². The summed E-state index contributed by atoms with van der Waals surface area (Å²) in [7, 11) is 0. The van der Waals surface area contributed by atoms with Crippen LogP contribution in [-0.4, -0.2) is 44.9 Å². The molecule has 7 nitrogen and oxygen atoms in total. The molecule has 1 amide bonds. The largest absolute Gasteiger partial charge is 0.463 e. The predicted octanol–water partition coefficient (Wildman–Crippen LogP) is 3.86. The molecule has 0 spiro atoms. The molecule has 0 atom stereocenters. The molecule has 140 valence electrons. The van der Waals surface area contributed by atoms with Gasteiger partial charge in [0.2, 0.25) is 0 Å². The molecule has 1 fully saturated rings. The van der Waals surface area contributed by atoms with Crippen LogP contribution in [0.5, 0.6) is 0 Å². The minimum Gasteiger partial charge on any atom is -0.463 e. The third-order valence-corrected chi connectivity index (χ3v) is 5.66. The second-order valence-electron chi connectivity index (χ2n) is 6.67. The summed E-state index contributed by atoms with van der Waals surface area (Å²) in [6, 6.07) is 9.30. The summed E-state index contributed by atoms with van der Waals surface area (Å²) in [5.74, 6) is -0.0429. The van der Waals surface area contributed by atoms with Gasteiger partial charge in [0, 0.05) is 12.1 Å². The number of amides is 1. The average Bonchev–Trinajstić information content (AvgIpc) is 3.27. The standard InChI is InChI=1S/C19H20N4O3S/c24-17(20-16-15-8-11-27-18(15)23(21-16)19(25)26)14-6-4-13(5-7-14)12-22-9-2-1-3-10-22/h4-8,11H,1-3,9-10,12H2,(H,25,26)(H,20,21,24). The summed E-state index contributed by atoms with van der Waals surface area (Å²) in [5, 5.41) is 18.3. The number of anilines is 1. The van der Waals surface area contributed by atoms with Crippen molar-refractivity contribution in [2.24, 2.45) is 0 Å². The number of piperidine rings is 1. The van der Waals surface area contributed by atoms with Gasteiger partial charge in [-0.3, -0.25) is 9.69 Å². The molecule has 1 aliphatic heterocycles. The number of nitrogens with one attached hydrogen (secondary N) is 1. The van der Waals surface area contributed by atoms with Gasteiger partial charge in [-0.15, -0.1) is 16.4 Å². The highest BCUT2D eigenvalue weighted by atomic mass is 32.1. The van der Waals surface area contributed by atoms with Crippen LogP contribution in [-0.2, 0) is 6.54 Å². The predicted molar refractivity (Wildman–Crippen MR) is 105 cm³/mol. The highest BCUT2D eigenvalue weighted by molar-refractivity contribution is 7.17. The maximum Gasteiger partial charge on any atom is 0.433 e. The van der Waals surface area contributed by atoms with Gasteiger partial charge in [0.1, 0.15) is 4.83 Å². The van der Waals surface area contributed by atoms with E-state index in [0.717, 1.165) is 24.3 Å². The van der Waals surface area contributed by atoms with Crippen LogP contribution >= 0.6 is 11.3 Å². The monoisotopic (exact) mass is 384 g/mol. The van der Waals surface area contributed by atoms with E-state index in [0.29, 0.717) is 15.8 Å². The number of carbonyl (C=O) groups excluding carboxylic acids is 1. The summed E-state index contributed by atoms with van der Waals surface area (Å²) < 4.78 is 0.886. The fourth-order valence-corrected chi connectivity index (χ4v) is 4.23. The van der Waals surface area contributed by atoms with Crippen molar-refractivity contribution in [3.63, 3.8) is 0 Å². The van der Waals surface area contributed by atoms with Crippen LogP contribution in [0.2, 0.25) is 0 Å². The van der Waals surface area contributed by atoms with E-state index in [9.17, 15) is 14.7 Å². The summed E-state index contributed by atoms with van der Waals surface area (Å²) in [5.41, 5.74) is 1.70. The Labute approximate surface area is 160 Å². The SMILES string of the molecule is O=C(Nc1nn(C(=O)O)c2sccc12)c1ccc(CN2CCCCC2)cc1. The number of fused-ring (bicyclic) bond motifs is 1. The zero-order chi connectivity index (χ0) is 18.8. The van der Waals surface area contributed by atoms with Crippen LogP contribution in [0.15, 0.2) is 35.7 Å². The molecular formula is C19H20N4O3S. The molecule has 4 rings (SSSR count). The third kappa shape index (κ3) is 3.72. The molecule has 27 heavy (non-hydrogen) atoms. The first-order chi connectivity index (χ1) is 13.1. The molecule has 0 unspecified atom stereocenters. The summed E-state index contributed by atoms with van der Waals surface area (Å²) in [4.78, 5) is 26.7. The molecule has 0 aliphatic carbocycles. The number of hydrogen-bond acceptors (Lipinski definition) is 5. The minimum atomic E-state index is -1.18. The molecule has 1 saturated heterocycles. The minimum absolute atomic E-state index is 0.260. The van der Waals surface area contributed by atoms with Crippen molar-refractivity contribution in [2.75, 3.05) is 18.4 Å². The van der Waals surface area contributed by atoms with Gasteiger partial charge in [0.05, 0.1) is 5.39 Å². The molecule has 1 aromatic carbocycles. The molecule has 2 aromatic heterocycles. The van der Waals surface area contributed by atoms with Crippen molar-refractivity contribution < 1.29 is 14.7 Å². The molecule has 0 bridgehead atoms. The Morgan fingerprint density at radius 2 is 1.85 bits per heavy atom. The van der Waals surface area contributed by atoms with E-state index in [1.165, 1.54) is 36.2 Å². The second-order valence-corrected chi connectivity index (χ2v) is 7.56. The number of carboxylic acid groups (broad SMARTS) is 1. The fourth-order valence-electron chi connectivity index (χ4n) is 3.38. The Kier molecular flexibility index (Phi) is 4.91. The first kappa shape index (κ1) is 17.7. The Bertz CT molecular complexity index is 971. The number of thiophene rings is 1. The number of rotatable bonds is 4. The fraction of sp³-hybridized carbons (Fsp3) is 0.316. The van der Waals surface area contributed by atoms with Gasteiger partial charge >= 0.3 is 6.09 Å². The number of carbonyl (C=O) groups is 2. The van der Waals surface area contributed by atoms with Crippen molar-refractivity contribution in [3.8, 4) is 0 Å².